The van der Waals surface area contributed by atoms with E-state index in [9.17, 15) is 9.59 Å². The minimum atomic E-state index is -0.575. The number of aryl methyl sites for hydroxylation is 2. The Kier molecular flexibility index (Phi) is 7.32. The molecule has 162 valence electrons. The summed E-state index contributed by atoms with van der Waals surface area (Å²) in [6, 6.07) is 4.77. The zero-order valence-electron chi connectivity index (χ0n) is 17.7. The second-order valence-corrected chi connectivity index (χ2v) is 7.33. The van der Waals surface area contributed by atoms with Crippen LogP contribution >= 0.6 is 0 Å². The molecule has 1 fully saturated rings. The predicted molar refractivity (Wildman–Crippen MR) is 109 cm³/mol. The largest absolute Gasteiger partial charge is 0.493 e. The Morgan fingerprint density at radius 2 is 1.83 bits per heavy atom. The van der Waals surface area contributed by atoms with Gasteiger partial charge in [-0.1, -0.05) is 18.0 Å². The lowest BCUT2D eigenvalue weighted by atomic mass is 10.2. The maximum Gasteiger partial charge on any atom is 0.338 e. The fourth-order valence-electron chi connectivity index (χ4n) is 3.39. The highest BCUT2D eigenvalue weighted by atomic mass is 16.5. The van der Waals surface area contributed by atoms with Gasteiger partial charge in [-0.05, 0) is 44.9 Å². The Hall–Kier alpha value is -3.03. The van der Waals surface area contributed by atoms with Gasteiger partial charge >= 0.3 is 5.97 Å². The smallest absolute Gasteiger partial charge is 0.338 e. The summed E-state index contributed by atoms with van der Waals surface area (Å²) in [7, 11) is 1.50. The van der Waals surface area contributed by atoms with E-state index in [1.165, 1.54) is 7.11 Å². The molecule has 0 N–H and O–H groups in total. The van der Waals surface area contributed by atoms with Gasteiger partial charge in [0.1, 0.15) is 12.4 Å². The SMILES string of the molecule is COc1cc(C(=O)OCC(=O)N2CCCCCC2)ccc1OCc1c(C)noc1C. The number of nitrogens with zero attached hydrogens (tertiary/aromatic N) is 2. The molecule has 30 heavy (non-hydrogen) atoms. The molecule has 0 aliphatic carbocycles. The molecule has 2 heterocycles. The molecule has 0 radical (unpaired) electrons. The third-order valence-corrected chi connectivity index (χ3v) is 5.24. The zero-order valence-corrected chi connectivity index (χ0v) is 17.7. The molecular formula is C22H28N2O6. The van der Waals surface area contributed by atoms with Gasteiger partial charge in [-0.15, -0.1) is 0 Å². The lowest BCUT2D eigenvalue weighted by Gasteiger charge is -2.20. The molecule has 2 aromatic rings. The number of rotatable bonds is 7. The highest BCUT2D eigenvalue weighted by Gasteiger charge is 2.19. The Balaban J connectivity index is 1.59. The minimum absolute atomic E-state index is 0.156. The predicted octanol–water partition coefficient (Wildman–Crippen LogP) is 3.44. The van der Waals surface area contributed by atoms with Crippen molar-refractivity contribution < 1.29 is 28.3 Å². The molecule has 1 aromatic heterocycles. The highest BCUT2D eigenvalue weighted by molar-refractivity contribution is 5.92. The van der Waals surface area contributed by atoms with E-state index in [1.807, 2.05) is 13.8 Å². The fourth-order valence-corrected chi connectivity index (χ4v) is 3.39. The molecule has 1 aromatic carbocycles. The van der Waals surface area contributed by atoms with Crippen molar-refractivity contribution in [2.75, 3.05) is 26.8 Å². The summed E-state index contributed by atoms with van der Waals surface area (Å²) in [5, 5.41) is 3.90. The Morgan fingerprint density at radius 3 is 2.47 bits per heavy atom. The van der Waals surface area contributed by atoms with Gasteiger partial charge in [0.15, 0.2) is 18.1 Å². The van der Waals surface area contributed by atoms with Crippen LogP contribution in [0.1, 0.15) is 53.1 Å². The number of hydrogen-bond acceptors (Lipinski definition) is 7. The van der Waals surface area contributed by atoms with E-state index in [4.69, 9.17) is 18.7 Å². The van der Waals surface area contributed by atoms with E-state index in [2.05, 4.69) is 5.16 Å². The van der Waals surface area contributed by atoms with Crippen LogP contribution in [0.4, 0.5) is 0 Å². The zero-order chi connectivity index (χ0) is 21.5. The summed E-state index contributed by atoms with van der Waals surface area (Å²) in [5.74, 6) is 0.843. The van der Waals surface area contributed by atoms with Gasteiger partial charge in [0.05, 0.1) is 23.9 Å². The first-order valence-electron chi connectivity index (χ1n) is 10.2. The standard InChI is InChI=1S/C22H28N2O6/c1-15-18(16(2)30-23-15)13-28-19-9-8-17(12-20(19)27-3)22(26)29-14-21(25)24-10-6-4-5-7-11-24/h8-9,12H,4-7,10-11,13-14H2,1-3H3. The third kappa shape index (κ3) is 5.31. The quantitative estimate of drug-likeness (QED) is 0.639. The Morgan fingerprint density at radius 1 is 1.10 bits per heavy atom. The molecule has 0 spiro atoms. The first-order chi connectivity index (χ1) is 14.5. The number of methoxy groups -OCH3 is 1. The van der Waals surface area contributed by atoms with E-state index in [1.54, 1.807) is 23.1 Å². The van der Waals surface area contributed by atoms with Crippen molar-refractivity contribution in [2.45, 2.75) is 46.1 Å². The summed E-state index contributed by atoms with van der Waals surface area (Å²) < 4.78 is 21.5. The van der Waals surface area contributed by atoms with Crippen LogP contribution in [0, 0.1) is 13.8 Å². The van der Waals surface area contributed by atoms with E-state index in [-0.39, 0.29) is 19.1 Å². The molecular weight excluding hydrogens is 388 g/mol. The van der Waals surface area contributed by atoms with Crippen molar-refractivity contribution in [2.24, 2.45) is 0 Å². The first-order valence-corrected chi connectivity index (χ1v) is 10.2. The molecule has 0 unspecified atom stereocenters. The van der Waals surface area contributed by atoms with Crippen molar-refractivity contribution in [3.8, 4) is 11.5 Å². The normalized spacial score (nSPS) is 14.2. The van der Waals surface area contributed by atoms with Crippen LogP contribution in [0.2, 0.25) is 0 Å². The number of hydrogen-bond donors (Lipinski definition) is 0. The number of ether oxygens (including phenoxy) is 3. The topological polar surface area (TPSA) is 91.1 Å². The number of esters is 1. The molecule has 1 saturated heterocycles. The molecule has 1 aliphatic heterocycles. The molecule has 8 heteroatoms. The van der Waals surface area contributed by atoms with Crippen molar-refractivity contribution in [3.63, 3.8) is 0 Å². The van der Waals surface area contributed by atoms with Gasteiger partial charge in [-0.25, -0.2) is 4.79 Å². The van der Waals surface area contributed by atoms with E-state index in [0.717, 1.165) is 50.0 Å². The average molecular weight is 416 g/mol. The first kappa shape index (κ1) is 21.7. The summed E-state index contributed by atoms with van der Waals surface area (Å²) in [4.78, 5) is 26.5. The van der Waals surface area contributed by atoms with Crippen LogP contribution in [0.25, 0.3) is 0 Å². The van der Waals surface area contributed by atoms with Crippen molar-refractivity contribution in [1.29, 1.82) is 0 Å². The lowest BCUT2D eigenvalue weighted by Crippen LogP contribution is -2.35. The molecule has 3 rings (SSSR count). The average Bonchev–Trinajstić information content (AvgIpc) is 2.94. The molecule has 0 bridgehead atoms. The van der Waals surface area contributed by atoms with Gasteiger partial charge in [0, 0.05) is 13.1 Å². The monoisotopic (exact) mass is 416 g/mol. The second-order valence-electron chi connectivity index (χ2n) is 7.33. The van der Waals surface area contributed by atoms with Gasteiger partial charge < -0.3 is 23.6 Å². The molecule has 0 atom stereocenters. The number of likely N-dealkylation sites (tertiary alicyclic amines) is 1. The summed E-state index contributed by atoms with van der Waals surface area (Å²) >= 11 is 0. The van der Waals surface area contributed by atoms with Crippen molar-refractivity contribution in [1.82, 2.24) is 10.1 Å². The van der Waals surface area contributed by atoms with E-state index < -0.39 is 5.97 Å². The van der Waals surface area contributed by atoms with Crippen LogP contribution in [0.15, 0.2) is 22.7 Å². The minimum Gasteiger partial charge on any atom is -0.493 e. The third-order valence-electron chi connectivity index (χ3n) is 5.24. The van der Waals surface area contributed by atoms with E-state index >= 15 is 0 Å². The number of benzene rings is 1. The van der Waals surface area contributed by atoms with Gasteiger partial charge in [0.2, 0.25) is 0 Å². The van der Waals surface area contributed by atoms with Gasteiger partial charge in [0.25, 0.3) is 5.91 Å². The highest BCUT2D eigenvalue weighted by Crippen LogP contribution is 2.29. The van der Waals surface area contributed by atoms with Gasteiger partial charge in [-0.3, -0.25) is 4.79 Å². The fraction of sp³-hybridized carbons (Fsp3) is 0.500. The molecule has 0 saturated carbocycles. The molecule has 8 nitrogen and oxygen atoms in total. The summed E-state index contributed by atoms with van der Waals surface area (Å²) in [6.45, 7) is 5.13. The summed E-state index contributed by atoms with van der Waals surface area (Å²) in [6.07, 6.45) is 4.25. The molecule has 1 amide bonds. The number of carbonyl (C=O) groups is 2. The number of amides is 1. The van der Waals surface area contributed by atoms with Gasteiger partial charge in [-0.2, -0.15) is 0 Å². The number of carbonyl (C=O) groups excluding carboxylic acids is 2. The van der Waals surface area contributed by atoms with Crippen molar-refractivity contribution >= 4 is 11.9 Å². The Bertz CT molecular complexity index is 864. The van der Waals surface area contributed by atoms with Crippen LogP contribution in [-0.4, -0.2) is 48.7 Å². The maximum absolute atomic E-state index is 12.4. The Labute approximate surface area is 176 Å². The van der Waals surface area contributed by atoms with Crippen LogP contribution in [-0.2, 0) is 16.1 Å². The second kappa shape index (κ2) is 10.1. The lowest BCUT2D eigenvalue weighted by molar-refractivity contribution is -0.134. The molecule has 1 aliphatic rings. The maximum atomic E-state index is 12.4. The number of aromatic nitrogens is 1. The summed E-state index contributed by atoms with van der Waals surface area (Å²) in [5.41, 5.74) is 1.92. The van der Waals surface area contributed by atoms with Crippen molar-refractivity contribution in [3.05, 3.63) is 40.8 Å². The van der Waals surface area contributed by atoms with Crippen LogP contribution in [0.5, 0.6) is 11.5 Å². The van der Waals surface area contributed by atoms with E-state index in [0.29, 0.717) is 22.8 Å². The van der Waals surface area contributed by atoms with Crippen LogP contribution in [0.3, 0.4) is 0 Å². The van der Waals surface area contributed by atoms with Crippen LogP contribution < -0.4 is 9.47 Å².